The van der Waals surface area contributed by atoms with E-state index in [9.17, 15) is 14.1 Å². The zero-order chi connectivity index (χ0) is 17.7. The van der Waals surface area contributed by atoms with Gasteiger partial charge in [0.1, 0.15) is 5.56 Å². The number of carbonyl (C=O) groups excluding carboxylic acids is 1. The molecule has 0 saturated heterocycles. The first-order chi connectivity index (χ1) is 12.1. The summed E-state index contributed by atoms with van der Waals surface area (Å²) in [5.74, 6) is 0.180. The topological polar surface area (TPSA) is 66.8 Å². The van der Waals surface area contributed by atoms with E-state index in [1.165, 1.54) is 12.3 Å². The molecule has 130 valence electrons. The monoisotopic (exact) mass is 345 g/mol. The van der Waals surface area contributed by atoms with Crippen molar-refractivity contribution in [3.8, 4) is 22.8 Å². The first-order valence-electron chi connectivity index (χ1n) is 7.94. The highest BCUT2D eigenvalue weighted by Gasteiger charge is 2.40. The Morgan fingerprint density at radius 3 is 2.48 bits per heavy atom. The van der Waals surface area contributed by atoms with Crippen LogP contribution in [0.2, 0.25) is 0 Å². The fourth-order valence-electron chi connectivity index (χ4n) is 3.84. The lowest BCUT2D eigenvalue weighted by atomic mass is 9.70. The fraction of sp³-hybridized carbons (Fsp3) is 0.333. The van der Waals surface area contributed by atoms with Crippen LogP contribution >= 0.6 is 0 Å². The third-order valence-electron chi connectivity index (χ3n) is 5.20. The van der Waals surface area contributed by atoms with Gasteiger partial charge in [-0.1, -0.05) is 0 Å². The first kappa shape index (κ1) is 15.7. The van der Waals surface area contributed by atoms with Gasteiger partial charge in [-0.25, -0.2) is 9.74 Å². The highest BCUT2D eigenvalue weighted by molar-refractivity contribution is 5.89. The molecule has 4 rings (SSSR count). The van der Waals surface area contributed by atoms with Gasteiger partial charge in [0, 0.05) is 34.3 Å². The van der Waals surface area contributed by atoms with Crippen LogP contribution in [-0.4, -0.2) is 24.8 Å². The molecule has 2 atom stereocenters. The van der Waals surface area contributed by atoms with Gasteiger partial charge in [-0.3, -0.25) is 4.79 Å². The summed E-state index contributed by atoms with van der Waals surface area (Å²) in [6, 6.07) is 5.25. The molecule has 0 amide bonds. The summed E-state index contributed by atoms with van der Waals surface area (Å²) in [5.41, 5.74) is 1.75. The SMILES string of the molecule is COc1cc2c(cc1OC)C1CCC1n1cc(C(=O)OF)c(=O)cc1-2. The minimum Gasteiger partial charge on any atom is -0.493 e. The van der Waals surface area contributed by atoms with Crippen molar-refractivity contribution in [3.63, 3.8) is 0 Å². The molecule has 0 N–H and O–H groups in total. The Hall–Kier alpha value is -2.83. The molecule has 1 saturated carbocycles. The number of halogens is 1. The summed E-state index contributed by atoms with van der Waals surface area (Å²) in [4.78, 5) is 27.0. The van der Waals surface area contributed by atoms with E-state index >= 15 is 0 Å². The standard InChI is InChI=1S/C18H16FNO5/c1-23-16-5-10-9-3-4-13(9)20-8-12(18(22)25-19)15(21)7-14(20)11(10)6-17(16)24-2/h5-9,13H,3-4H2,1-2H3. The molecule has 0 spiro atoms. The number of benzene rings is 1. The van der Waals surface area contributed by atoms with Crippen LogP contribution in [0.5, 0.6) is 11.5 Å². The predicted octanol–water partition coefficient (Wildman–Crippen LogP) is 3.01. The van der Waals surface area contributed by atoms with Crippen LogP contribution < -0.4 is 14.9 Å². The molecule has 2 unspecified atom stereocenters. The molecule has 1 fully saturated rings. The Bertz CT molecular complexity index is 936. The first-order valence-corrected chi connectivity index (χ1v) is 7.94. The van der Waals surface area contributed by atoms with Gasteiger partial charge in [0.15, 0.2) is 16.9 Å². The second kappa shape index (κ2) is 5.61. The number of hydrogen-bond acceptors (Lipinski definition) is 5. The van der Waals surface area contributed by atoms with E-state index in [1.54, 1.807) is 14.2 Å². The lowest BCUT2D eigenvalue weighted by molar-refractivity contribution is -0.0790. The average Bonchev–Trinajstić information content (AvgIpc) is 2.60. The molecule has 1 aromatic carbocycles. The van der Waals surface area contributed by atoms with Crippen LogP contribution in [-0.2, 0) is 4.94 Å². The van der Waals surface area contributed by atoms with Crippen molar-refractivity contribution in [2.24, 2.45) is 0 Å². The smallest absolute Gasteiger partial charge is 0.384 e. The molecule has 1 aliphatic heterocycles. The third-order valence-corrected chi connectivity index (χ3v) is 5.20. The summed E-state index contributed by atoms with van der Waals surface area (Å²) in [6.45, 7) is 0. The van der Waals surface area contributed by atoms with Crippen LogP contribution in [0.4, 0.5) is 4.53 Å². The molecular formula is C18H16FNO5. The van der Waals surface area contributed by atoms with E-state index in [-0.39, 0.29) is 17.5 Å². The lowest BCUT2D eigenvalue weighted by Gasteiger charge is -2.45. The minimum absolute atomic E-state index is 0.118. The normalized spacial score (nSPS) is 19.8. The van der Waals surface area contributed by atoms with Crippen LogP contribution in [0.25, 0.3) is 11.3 Å². The molecule has 25 heavy (non-hydrogen) atoms. The Labute approximate surface area is 142 Å². The van der Waals surface area contributed by atoms with Gasteiger partial charge in [-0.05, 0) is 30.5 Å². The summed E-state index contributed by atoms with van der Waals surface area (Å²) in [7, 11) is 3.13. The zero-order valence-electron chi connectivity index (χ0n) is 13.7. The quantitative estimate of drug-likeness (QED) is 0.855. The van der Waals surface area contributed by atoms with E-state index in [0.717, 1.165) is 24.0 Å². The molecule has 6 nitrogen and oxygen atoms in total. The molecule has 2 heterocycles. The van der Waals surface area contributed by atoms with Crippen LogP contribution in [0.15, 0.2) is 29.2 Å². The van der Waals surface area contributed by atoms with E-state index in [1.807, 2.05) is 16.7 Å². The average molecular weight is 345 g/mol. The van der Waals surface area contributed by atoms with Gasteiger partial charge in [-0.2, -0.15) is 0 Å². The molecular weight excluding hydrogens is 329 g/mol. The van der Waals surface area contributed by atoms with E-state index in [0.29, 0.717) is 17.2 Å². The van der Waals surface area contributed by atoms with Crippen molar-refractivity contribution in [2.45, 2.75) is 24.8 Å². The number of fused-ring (bicyclic) bond motifs is 6. The highest BCUT2D eigenvalue weighted by atomic mass is 19.3. The summed E-state index contributed by atoms with van der Waals surface area (Å²) in [5, 5.41) is 0. The largest absolute Gasteiger partial charge is 0.493 e. The van der Waals surface area contributed by atoms with Crippen molar-refractivity contribution in [2.75, 3.05) is 14.2 Å². The summed E-state index contributed by atoms with van der Waals surface area (Å²) >= 11 is 0. The number of carbonyl (C=O) groups is 1. The number of aromatic nitrogens is 1. The summed E-state index contributed by atoms with van der Waals surface area (Å²) in [6.07, 6.45) is 3.30. The molecule has 1 aromatic heterocycles. The number of rotatable bonds is 3. The van der Waals surface area contributed by atoms with Gasteiger partial charge in [0.05, 0.1) is 19.9 Å². The maximum absolute atomic E-state index is 12.3. The molecule has 1 aliphatic carbocycles. The van der Waals surface area contributed by atoms with E-state index < -0.39 is 11.4 Å². The van der Waals surface area contributed by atoms with Gasteiger partial charge < -0.3 is 14.0 Å². The van der Waals surface area contributed by atoms with Crippen LogP contribution in [0.1, 0.15) is 40.7 Å². The van der Waals surface area contributed by atoms with Crippen molar-refractivity contribution in [3.05, 3.63) is 45.7 Å². The molecule has 0 bridgehead atoms. The zero-order valence-corrected chi connectivity index (χ0v) is 13.7. The van der Waals surface area contributed by atoms with Crippen molar-refractivity contribution >= 4 is 5.97 Å². The minimum atomic E-state index is -1.27. The van der Waals surface area contributed by atoms with Gasteiger partial charge in [-0.15, -0.1) is 0 Å². The second-order valence-corrected chi connectivity index (χ2v) is 6.25. The molecule has 7 heteroatoms. The Morgan fingerprint density at radius 1 is 1.16 bits per heavy atom. The predicted molar refractivity (Wildman–Crippen MR) is 86.8 cm³/mol. The van der Waals surface area contributed by atoms with Crippen molar-refractivity contribution in [1.29, 1.82) is 0 Å². The lowest BCUT2D eigenvalue weighted by Crippen LogP contribution is -2.34. The van der Waals surface area contributed by atoms with Gasteiger partial charge >= 0.3 is 5.97 Å². The number of nitrogens with zero attached hydrogens (tertiary/aromatic N) is 1. The number of ether oxygens (including phenoxy) is 2. The Morgan fingerprint density at radius 2 is 1.88 bits per heavy atom. The highest BCUT2D eigenvalue weighted by Crippen LogP contribution is 2.55. The van der Waals surface area contributed by atoms with Crippen molar-refractivity contribution < 1.29 is 23.7 Å². The molecule has 0 radical (unpaired) electrons. The Balaban J connectivity index is 1.97. The second-order valence-electron chi connectivity index (χ2n) is 6.25. The number of pyridine rings is 1. The van der Waals surface area contributed by atoms with E-state index in [2.05, 4.69) is 4.94 Å². The van der Waals surface area contributed by atoms with E-state index in [4.69, 9.17) is 9.47 Å². The fourth-order valence-corrected chi connectivity index (χ4v) is 3.84. The molecule has 2 aliphatic rings. The van der Waals surface area contributed by atoms with Gasteiger partial charge in [0.25, 0.3) is 0 Å². The van der Waals surface area contributed by atoms with Crippen LogP contribution in [0, 0.1) is 0 Å². The van der Waals surface area contributed by atoms with Crippen molar-refractivity contribution in [1.82, 2.24) is 4.57 Å². The number of hydrogen-bond donors (Lipinski definition) is 0. The maximum atomic E-state index is 12.3. The summed E-state index contributed by atoms with van der Waals surface area (Å²) < 4.78 is 24.9. The maximum Gasteiger partial charge on any atom is 0.384 e. The number of methoxy groups -OCH3 is 2. The third kappa shape index (κ3) is 2.15. The van der Waals surface area contributed by atoms with Gasteiger partial charge in [0.2, 0.25) is 0 Å². The van der Waals surface area contributed by atoms with Crippen LogP contribution in [0.3, 0.4) is 0 Å². The molecule has 2 aromatic rings. The Kier molecular flexibility index (Phi) is 3.52.